The SMILES string of the molecule is COc1ccc(C(=O)C(C)NCc2ccc(C)cc2)cc1N. The van der Waals surface area contributed by atoms with Crippen molar-refractivity contribution in [2.45, 2.75) is 26.4 Å². The van der Waals surface area contributed by atoms with E-state index in [1.807, 2.05) is 6.92 Å². The molecule has 4 nitrogen and oxygen atoms in total. The molecule has 0 aliphatic heterocycles. The number of hydrogen-bond acceptors (Lipinski definition) is 4. The summed E-state index contributed by atoms with van der Waals surface area (Å²) < 4.78 is 5.10. The van der Waals surface area contributed by atoms with Gasteiger partial charge in [-0.3, -0.25) is 4.79 Å². The first kappa shape index (κ1) is 16.0. The lowest BCUT2D eigenvalue weighted by molar-refractivity contribution is 0.0950. The standard InChI is InChI=1S/C18H22N2O2/c1-12-4-6-14(7-5-12)11-20-13(2)18(21)15-8-9-17(22-3)16(19)10-15/h4-10,13,20H,11,19H2,1-3H3. The number of anilines is 1. The molecule has 0 aromatic heterocycles. The number of nitrogen functional groups attached to an aromatic ring is 1. The van der Waals surface area contributed by atoms with E-state index in [9.17, 15) is 4.79 Å². The summed E-state index contributed by atoms with van der Waals surface area (Å²) in [6.07, 6.45) is 0. The molecule has 0 fully saturated rings. The van der Waals surface area contributed by atoms with Gasteiger partial charge in [0.25, 0.3) is 0 Å². The third kappa shape index (κ3) is 3.86. The minimum atomic E-state index is -0.283. The fraction of sp³-hybridized carbons (Fsp3) is 0.278. The second kappa shape index (κ2) is 7.09. The molecular formula is C18H22N2O2. The molecule has 0 amide bonds. The molecular weight excluding hydrogens is 276 g/mol. The van der Waals surface area contributed by atoms with Crippen molar-refractivity contribution in [1.82, 2.24) is 5.32 Å². The maximum atomic E-state index is 12.4. The van der Waals surface area contributed by atoms with Crippen LogP contribution in [0.25, 0.3) is 0 Å². The minimum absolute atomic E-state index is 0.0152. The second-order valence-electron chi connectivity index (χ2n) is 5.41. The van der Waals surface area contributed by atoms with Crippen LogP contribution in [0.5, 0.6) is 5.75 Å². The normalized spacial score (nSPS) is 12.0. The number of carbonyl (C=O) groups excluding carboxylic acids is 1. The number of Topliss-reactive ketones (excluding diaryl/α,β-unsaturated/α-hetero) is 1. The van der Waals surface area contributed by atoms with Gasteiger partial charge >= 0.3 is 0 Å². The van der Waals surface area contributed by atoms with Crippen LogP contribution in [0.15, 0.2) is 42.5 Å². The minimum Gasteiger partial charge on any atom is -0.495 e. The van der Waals surface area contributed by atoms with Gasteiger partial charge in [-0.05, 0) is 37.6 Å². The maximum absolute atomic E-state index is 12.4. The molecule has 0 spiro atoms. The van der Waals surface area contributed by atoms with E-state index in [1.165, 1.54) is 5.56 Å². The Morgan fingerprint density at radius 1 is 1.23 bits per heavy atom. The Kier molecular flexibility index (Phi) is 5.17. The Hall–Kier alpha value is -2.33. The number of ether oxygens (including phenoxy) is 1. The first-order chi connectivity index (χ1) is 10.5. The van der Waals surface area contributed by atoms with Crippen LogP contribution in [0.4, 0.5) is 5.69 Å². The van der Waals surface area contributed by atoms with Crippen molar-refractivity contribution in [3.05, 3.63) is 59.2 Å². The molecule has 0 aliphatic carbocycles. The molecule has 4 heteroatoms. The number of benzene rings is 2. The van der Waals surface area contributed by atoms with E-state index in [2.05, 4.69) is 36.5 Å². The molecule has 0 bridgehead atoms. The van der Waals surface area contributed by atoms with Gasteiger partial charge in [0.15, 0.2) is 5.78 Å². The number of nitrogens with one attached hydrogen (secondary N) is 1. The third-order valence-electron chi connectivity index (χ3n) is 3.64. The summed E-state index contributed by atoms with van der Waals surface area (Å²) in [6, 6.07) is 13.1. The van der Waals surface area contributed by atoms with Gasteiger partial charge in [0.2, 0.25) is 0 Å². The van der Waals surface area contributed by atoms with Gasteiger partial charge in [-0.2, -0.15) is 0 Å². The van der Waals surface area contributed by atoms with Crippen molar-refractivity contribution in [3.8, 4) is 5.75 Å². The zero-order valence-electron chi connectivity index (χ0n) is 13.2. The van der Waals surface area contributed by atoms with Crippen LogP contribution in [0.1, 0.15) is 28.4 Å². The Balaban J connectivity index is 1.99. The monoisotopic (exact) mass is 298 g/mol. The molecule has 2 aromatic rings. The van der Waals surface area contributed by atoms with Gasteiger partial charge < -0.3 is 15.8 Å². The highest BCUT2D eigenvalue weighted by Gasteiger charge is 2.15. The number of rotatable bonds is 6. The number of aryl methyl sites for hydroxylation is 1. The van der Waals surface area contributed by atoms with Crippen molar-refractivity contribution < 1.29 is 9.53 Å². The molecule has 2 rings (SSSR count). The predicted molar refractivity (Wildman–Crippen MR) is 89.2 cm³/mol. The van der Waals surface area contributed by atoms with Crippen LogP contribution in [-0.2, 0) is 6.54 Å². The lowest BCUT2D eigenvalue weighted by atomic mass is 10.0. The van der Waals surface area contributed by atoms with Crippen LogP contribution in [-0.4, -0.2) is 18.9 Å². The number of hydrogen-bond donors (Lipinski definition) is 2. The number of methoxy groups -OCH3 is 1. The summed E-state index contributed by atoms with van der Waals surface area (Å²) in [5.74, 6) is 0.596. The summed E-state index contributed by atoms with van der Waals surface area (Å²) >= 11 is 0. The Bertz CT molecular complexity index is 651. The van der Waals surface area contributed by atoms with Crippen LogP contribution in [0, 0.1) is 6.92 Å². The topological polar surface area (TPSA) is 64.3 Å². The Morgan fingerprint density at radius 2 is 1.91 bits per heavy atom. The summed E-state index contributed by atoms with van der Waals surface area (Å²) in [5, 5.41) is 3.24. The van der Waals surface area contributed by atoms with Crippen molar-refractivity contribution in [1.29, 1.82) is 0 Å². The number of nitrogens with two attached hydrogens (primary N) is 1. The predicted octanol–water partition coefficient (Wildman–Crippen LogP) is 2.95. The number of ketones is 1. The molecule has 1 unspecified atom stereocenters. The van der Waals surface area contributed by atoms with Crippen molar-refractivity contribution >= 4 is 11.5 Å². The van der Waals surface area contributed by atoms with Crippen LogP contribution >= 0.6 is 0 Å². The highest BCUT2D eigenvalue weighted by Crippen LogP contribution is 2.22. The van der Waals surface area contributed by atoms with E-state index < -0.39 is 0 Å². The van der Waals surface area contributed by atoms with Gasteiger partial charge in [-0.25, -0.2) is 0 Å². The van der Waals surface area contributed by atoms with Crippen molar-refractivity contribution in [2.75, 3.05) is 12.8 Å². The van der Waals surface area contributed by atoms with Crippen LogP contribution in [0.2, 0.25) is 0 Å². The first-order valence-electron chi connectivity index (χ1n) is 7.28. The summed E-state index contributed by atoms with van der Waals surface area (Å²) in [4.78, 5) is 12.4. The fourth-order valence-electron chi connectivity index (χ4n) is 2.21. The molecule has 1 atom stereocenters. The van der Waals surface area contributed by atoms with Gasteiger partial charge in [0.05, 0.1) is 18.8 Å². The first-order valence-corrected chi connectivity index (χ1v) is 7.28. The highest BCUT2D eigenvalue weighted by atomic mass is 16.5. The van der Waals surface area contributed by atoms with Gasteiger partial charge in [0, 0.05) is 12.1 Å². The zero-order chi connectivity index (χ0) is 16.1. The molecule has 0 heterocycles. The van der Waals surface area contributed by atoms with Gasteiger partial charge in [-0.1, -0.05) is 29.8 Å². The van der Waals surface area contributed by atoms with E-state index in [1.54, 1.807) is 25.3 Å². The molecule has 22 heavy (non-hydrogen) atoms. The van der Waals surface area contributed by atoms with Crippen LogP contribution in [0.3, 0.4) is 0 Å². The van der Waals surface area contributed by atoms with E-state index in [0.29, 0.717) is 23.5 Å². The summed E-state index contributed by atoms with van der Waals surface area (Å²) in [6.45, 7) is 4.56. The average Bonchev–Trinajstić information content (AvgIpc) is 2.53. The molecule has 116 valence electrons. The Labute approximate surface area is 131 Å². The van der Waals surface area contributed by atoms with Crippen LogP contribution < -0.4 is 15.8 Å². The van der Waals surface area contributed by atoms with Crippen molar-refractivity contribution in [3.63, 3.8) is 0 Å². The maximum Gasteiger partial charge on any atom is 0.179 e. The van der Waals surface area contributed by atoms with Gasteiger partial charge in [0.1, 0.15) is 5.75 Å². The van der Waals surface area contributed by atoms with E-state index in [0.717, 1.165) is 5.56 Å². The average molecular weight is 298 g/mol. The summed E-state index contributed by atoms with van der Waals surface area (Å²) in [5.41, 5.74) is 9.28. The molecule has 2 aromatic carbocycles. The molecule has 0 radical (unpaired) electrons. The Morgan fingerprint density at radius 3 is 2.50 bits per heavy atom. The quantitative estimate of drug-likeness (QED) is 0.636. The second-order valence-corrected chi connectivity index (χ2v) is 5.41. The molecule has 0 saturated heterocycles. The third-order valence-corrected chi connectivity index (χ3v) is 3.64. The van der Waals surface area contributed by atoms with Gasteiger partial charge in [-0.15, -0.1) is 0 Å². The largest absolute Gasteiger partial charge is 0.495 e. The molecule has 0 aliphatic rings. The lowest BCUT2D eigenvalue weighted by Gasteiger charge is -2.14. The van der Waals surface area contributed by atoms with E-state index in [-0.39, 0.29) is 11.8 Å². The van der Waals surface area contributed by atoms with E-state index >= 15 is 0 Å². The molecule has 0 saturated carbocycles. The highest BCUT2D eigenvalue weighted by molar-refractivity contribution is 6.00. The zero-order valence-corrected chi connectivity index (χ0v) is 13.2. The number of carbonyl (C=O) groups is 1. The van der Waals surface area contributed by atoms with E-state index in [4.69, 9.17) is 10.5 Å². The smallest absolute Gasteiger partial charge is 0.179 e. The summed E-state index contributed by atoms with van der Waals surface area (Å²) in [7, 11) is 1.55. The van der Waals surface area contributed by atoms with Crippen molar-refractivity contribution in [2.24, 2.45) is 0 Å². The molecule has 3 N–H and O–H groups in total. The lowest BCUT2D eigenvalue weighted by Crippen LogP contribution is -2.33. The fourth-order valence-corrected chi connectivity index (χ4v) is 2.21.